The van der Waals surface area contributed by atoms with Crippen molar-refractivity contribution in [2.75, 3.05) is 26.3 Å². The molecule has 2 saturated heterocycles. The quantitative estimate of drug-likeness (QED) is 0.799. The largest absolute Gasteiger partial charge is 0.381 e. The zero-order valence-corrected chi connectivity index (χ0v) is 11.7. The second kappa shape index (κ2) is 5.68. The predicted octanol–water partition coefficient (Wildman–Crippen LogP) is 2.02. The van der Waals surface area contributed by atoms with Crippen LogP contribution in [0.4, 0.5) is 0 Å². The lowest BCUT2D eigenvalue weighted by Crippen LogP contribution is -2.55. The standard InChI is InChI=1S/C14H28N2O/c1-14(2,3)16-8-4-5-13(11-16)15-12-6-9-17-10-7-12/h12-13,15H,4-11H2,1-3H3. The first-order valence-corrected chi connectivity index (χ1v) is 7.14. The highest BCUT2D eigenvalue weighted by Gasteiger charge is 2.29. The molecule has 2 aliphatic heterocycles. The zero-order chi connectivity index (χ0) is 12.3. The van der Waals surface area contributed by atoms with Crippen molar-refractivity contribution >= 4 is 0 Å². The number of nitrogens with one attached hydrogen (secondary N) is 1. The van der Waals surface area contributed by atoms with Crippen molar-refractivity contribution in [2.45, 2.75) is 64.1 Å². The van der Waals surface area contributed by atoms with Gasteiger partial charge in [0.1, 0.15) is 0 Å². The summed E-state index contributed by atoms with van der Waals surface area (Å²) in [5, 5.41) is 3.84. The highest BCUT2D eigenvalue weighted by atomic mass is 16.5. The fourth-order valence-corrected chi connectivity index (χ4v) is 2.92. The van der Waals surface area contributed by atoms with E-state index in [1.54, 1.807) is 0 Å². The molecule has 17 heavy (non-hydrogen) atoms. The van der Waals surface area contributed by atoms with Crippen molar-refractivity contribution in [1.82, 2.24) is 10.2 Å². The smallest absolute Gasteiger partial charge is 0.0480 e. The Hall–Kier alpha value is -0.120. The average Bonchev–Trinajstić information content (AvgIpc) is 2.29. The van der Waals surface area contributed by atoms with E-state index in [1.165, 1.54) is 38.8 Å². The molecule has 0 amide bonds. The molecule has 0 bridgehead atoms. The van der Waals surface area contributed by atoms with Crippen LogP contribution in [0.3, 0.4) is 0 Å². The zero-order valence-electron chi connectivity index (χ0n) is 11.7. The lowest BCUT2D eigenvalue weighted by molar-refractivity contribution is 0.0568. The van der Waals surface area contributed by atoms with Gasteiger partial charge in [0.2, 0.25) is 0 Å². The summed E-state index contributed by atoms with van der Waals surface area (Å²) < 4.78 is 5.41. The first kappa shape index (κ1) is 13.3. The Morgan fingerprint density at radius 2 is 1.76 bits per heavy atom. The maximum absolute atomic E-state index is 5.41. The van der Waals surface area contributed by atoms with Crippen LogP contribution in [-0.4, -0.2) is 48.8 Å². The number of rotatable bonds is 2. The van der Waals surface area contributed by atoms with Crippen molar-refractivity contribution in [1.29, 1.82) is 0 Å². The van der Waals surface area contributed by atoms with E-state index in [9.17, 15) is 0 Å². The molecule has 0 aromatic carbocycles. The van der Waals surface area contributed by atoms with Gasteiger partial charge < -0.3 is 10.1 Å². The van der Waals surface area contributed by atoms with E-state index in [1.807, 2.05) is 0 Å². The molecular formula is C14H28N2O. The Morgan fingerprint density at radius 1 is 1.06 bits per heavy atom. The van der Waals surface area contributed by atoms with Gasteiger partial charge in [0.15, 0.2) is 0 Å². The second-order valence-electron chi connectivity index (χ2n) is 6.51. The summed E-state index contributed by atoms with van der Waals surface area (Å²) in [4.78, 5) is 2.62. The van der Waals surface area contributed by atoms with Crippen molar-refractivity contribution in [3.8, 4) is 0 Å². The maximum atomic E-state index is 5.41. The van der Waals surface area contributed by atoms with Crippen LogP contribution in [-0.2, 0) is 4.74 Å². The lowest BCUT2D eigenvalue weighted by atomic mass is 9.97. The molecule has 1 N–H and O–H groups in total. The van der Waals surface area contributed by atoms with Gasteiger partial charge in [0.25, 0.3) is 0 Å². The minimum atomic E-state index is 0.316. The van der Waals surface area contributed by atoms with E-state index in [2.05, 4.69) is 31.0 Å². The highest BCUT2D eigenvalue weighted by Crippen LogP contribution is 2.21. The Labute approximate surface area is 106 Å². The molecule has 2 fully saturated rings. The molecule has 0 saturated carbocycles. The van der Waals surface area contributed by atoms with Crippen LogP contribution < -0.4 is 5.32 Å². The van der Waals surface area contributed by atoms with E-state index in [-0.39, 0.29) is 0 Å². The van der Waals surface area contributed by atoms with Crippen LogP contribution in [0.1, 0.15) is 46.5 Å². The van der Waals surface area contributed by atoms with Crippen LogP contribution in [0.25, 0.3) is 0 Å². The highest BCUT2D eigenvalue weighted by molar-refractivity contribution is 4.87. The van der Waals surface area contributed by atoms with Gasteiger partial charge in [-0.1, -0.05) is 0 Å². The molecular weight excluding hydrogens is 212 g/mol. The molecule has 2 rings (SSSR count). The van der Waals surface area contributed by atoms with E-state index >= 15 is 0 Å². The number of likely N-dealkylation sites (tertiary alicyclic amines) is 1. The molecule has 3 heteroatoms. The third-order valence-electron chi connectivity index (χ3n) is 4.06. The molecule has 1 unspecified atom stereocenters. The molecule has 1 atom stereocenters. The molecule has 0 aliphatic carbocycles. The minimum Gasteiger partial charge on any atom is -0.381 e. The van der Waals surface area contributed by atoms with Gasteiger partial charge >= 0.3 is 0 Å². The maximum Gasteiger partial charge on any atom is 0.0480 e. The fraction of sp³-hybridized carbons (Fsp3) is 1.00. The summed E-state index contributed by atoms with van der Waals surface area (Å²) in [5.41, 5.74) is 0.316. The first-order valence-electron chi connectivity index (χ1n) is 7.14. The Balaban J connectivity index is 1.80. The van der Waals surface area contributed by atoms with E-state index in [0.29, 0.717) is 17.6 Å². The number of piperidine rings is 1. The Morgan fingerprint density at radius 3 is 2.41 bits per heavy atom. The number of ether oxygens (including phenoxy) is 1. The van der Waals surface area contributed by atoms with Crippen LogP contribution in [0.15, 0.2) is 0 Å². The minimum absolute atomic E-state index is 0.316. The van der Waals surface area contributed by atoms with Gasteiger partial charge in [-0.3, -0.25) is 4.90 Å². The molecule has 0 radical (unpaired) electrons. The van der Waals surface area contributed by atoms with E-state index in [0.717, 1.165) is 13.2 Å². The molecule has 2 heterocycles. The molecule has 3 nitrogen and oxygen atoms in total. The fourth-order valence-electron chi connectivity index (χ4n) is 2.92. The van der Waals surface area contributed by atoms with Crippen molar-refractivity contribution < 1.29 is 4.74 Å². The number of nitrogens with zero attached hydrogens (tertiary/aromatic N) is 1. The van der Waals surface area contributed by atoms with Gasteiger partial charge in [0.05, 0.1) is 0 Å². The lowest BCUT2D eigenvalue weighted by Gasteiger charge is -2.43. The summed E-state index contributed by atoms with van der Waals surface area (Å²) in [7, 11) is 0. The normalized spacial score (nSPS) is 29.5. The van der Waals surface area contributed by atoms with Crippen molar-refractivity contribution in [3.05, 3.63) is 0 Å². The van der Waals surface area contributed by atoms with Crippen LogP contribution >= 0.6 is 0 Å². The van der Waals surface area contributed by atoms with Gasteiger partial charge in [-0.25, -0.2) is 0 Å². The summed E-state index contributed by atoms with van der Waals surface area (Å²) >= 11 is 0. The van der Waals surface area contributed by atoms with Crippen LogP contribution in [0.5, 0.6) is 0 Å². The summed E-state index contributed by atoms with van der Waals surface area (Å²) in [6.45, 7) is 11.3. The van der Waals surface area contributed by atoms with E-state index < -0.39 is 0 Å². The van der Waals surface area contributed by atoms with Gasteiger partial charge in [0, 0.05) is 37.4 Å². The molecule has 2 aliphatic rings. The van der Waals surface area contributed by atoms with Gasteiger partial charge in [-0.05, 0) is 53.0 Å². The predicted molar refractivity (Wildman–Crippen MR) is 71.3 cm³/mol. The van der Waals surface area contributed by atoms with Crippen molar-refractivity contribution in [2.24, 2.45) is 0 Å². The third kappa shape index (κ3) is 3.94. The number of hydrogen-bond donors (Lipinski definition) is 1. The Bertz CT molecular complexity index is 231. The van der Waals surface area contributed by atoms with Gasteiger partial charge in [-0.15, -0.1) is 0 Å². The van der Waals surface area contributed by atoms with Gasteiger partial charge in [-0.2, -0.15) is 0 Å². The van der Waals surface area contributed by atoms with Crippen LogP contribution in [0.2, 0.25) is 0 Å². The topological polar surface area (TPSA) is 24.5 Å². The van der Waals surface area contributed by atoms with E-state index in [4.69, 9.17) is 4.74 Å². The number of hydrogen-bond acceptors (Lipinski definition) is 3. The molecule has 0 aromatic rings. The summed E-state index contributed by atoms with van der Waals surface area (Å²) in [6, 6.07) is 1.37. The van der Waals surface area contributed by atoms with Crippen LogP contribution in [0, 0.1) is 0 Å². The molecule has 100 valence electrons. The average molecular weight is 240 g/mol. The monoisotopic (exact) mass is 240 g/mol. The third-order valence-corrected chi connectivity index (χ3v) is 4.06. The van der Waals surface area contributed by atoms with Crippen molar-refractivity contribution in [3.63, 3.8) is 0 Å². The summed E-state index contributed by atoms with van der Waals surface area (Å²) in [5.74, 6) is 0. The SMILES string of the molecule is CC(C)(C)N1CCCC(NC2CCOCC2)C1. The second-order valence-corrected chi connectivity index (χ2v) is 6.51. The molecule has 0 aromatic heterocycles. The summed E-state index contributed by atoms with van der Waals surface area (Å²) in [6.07, 6.45) is 5.04. The first-order chi connectivity index (χ1) is 8.05. The Kier molecular flexibility index (Phi) is 4.45. The molecule has 0 spiro atoms.